The lowest BCUT2D eigenvalue weighted by Gasteiger charge is -2.00. The van der Waals surface area contributed by atoms with E-state index in [1.165, 1.54) is 0 Å². The lowest BCUT2D eigenvalue weighted by atomic mass is 10.4. The van der Waals surface area contributed by atoms with Gasteiger partial charge in [0.25, 0.3) is 0 Å². The average Bonchev–Trinajstić information content (AvgIpc) is 2.50. The maximum Gasteiger partial charge on any atom is 0.0897 e. The molecule has 1 heterocycles. The Bertz CT molecular complexity index is 299. The molecule has 0 fully saturated rings. The van der Waals surface area contributed by atoms with Crippen LogP contribution in [0.25, 0.3) is 0 Å². The average molecular weight is 232 g/mol. The number of aromatic nitrogens is 1. The van der Waals surface area contributed by atoms with Gasteiger partial charge in [-0.3, -0.25) is 4.21 Å². The summed E-state index contributed by atoms with van der Waals surface area (Å²) in [6.07, 6.45) is 2.70. The fourth-order valence-corrected chi connectivity index (χ4v) is 2.27. The van der Waals surface area contributed by atoms with Gasteiger partial charge in [0.15, 0.2) is 0 Å². The second-order valence-corrected chi connectivity index (χ2v) is 5.78. The summed E-state index contributed by atoms with van der Waals surface area (Å²) < 4.78 is 10.8. The van der Waals surface area contributed by atoms with Gasteiger partial charge in [-0.25, -0.2) is 4.98 Å². The Morgan fingerprint density at radius 1 is 1.64 bits per heavy atom. The first-order chi connectivity index (χ1) is 6.68. The molecule has 1 atom stereocenters. The van der Waals surface area contributed by atoms with Crippen LogP contribution >= 0.6 is 11.3 Å². The van der Waals surface area contributed by atoms with Gasteiger partial charge in [0.1, 0.15) is 0 Å². The van der Waals surface area contributed by atoms with E-state index >= 15 is 0 Å². The van der Waals surface area contributed by atoms with Crippen molar-refractivity contribution < 1.29 is 4.21 Å². The van der Waals surface area contributed by atoms with E-state index in [-0.39, 0.29) is 0 Å². The van der Waals surface area contributed by atoms with Crippen molar-refractivity contribution in [1.82, 2.24) is 10.3 Å². The van der Waals surface area contributed by atoms with Crippen LogP contribution < -0.4 is 5.32 Å². The predicted molar refractivity (Wildman–Crippen MR) is 62.1 cm³/mol. The molecular weight excluding hydrogens is 216 g/mol. The van der Waals surface area contributed by atoms with E-state index in [1.54, 1.807) is 17.6 Å². The predicted octanol–water partition coefficient (Wildman–Crippen LogP) is 1.31. The molecule has 1 rings (SSSR count). The van der Waals surface area contributed by atoms with E-state index in [0.29, 0.717) is 0 Å². The highest BCUT2D eigenvalue weighted by atomic mass is 32.2. The summed E-state index contributed by atoms with van der Waals surface area (Å²) in [5.74, 6) is 0.781. The van der Waals surface area contributed by atoms with Crippen LogP contribution in [0.15, 0.2) is 5.38 Å². The zero-order chi connectivity index (χ0) is 10.4. The van der Waals surface area contributed by atoms with Crippen molar-refractivity contribution in [2.45, 2.75) is 19.9 Å². The van der Waals surface area contributed by atoms with E-state index in [1.807, 2.05) is 6.92 Å². The lowest BCUT2D eigenvalue weighted by Crippen LogP contribution is -2.16. The first kappa shape index (κ1) is 11.8. The van der Waals surface area contributed by atoms with E-state index in [9.17, 15) is 4.21 Å². The second-order valence-electron chi connectivity index (χ2n) is 3.17. The highest BCUT2D eigenvalue weighted by Gasteiger charge is 1.97. The van der Waals surface area contributed by atoms with Gasteiger partial charge in [-0.15, -0.1) is 11.3 Å². The molecule has 3 nitrogen and oxygen atoms in total. The zero-order valence-corrected chi connectivity index (χ0v) is 10.2. The summed E-state index contributed by atoms with van der Waals surface area (Å²) in [7, 11) is -0.663. The van der Waals surface area contributed by atoms with Crippen molar-refractivity contribution in [3.05, 3.63) is 16.1 Å². The Labute approximate surface area is 91.4 Å². The number of rotatable bonds is 6. The molecule has 1 unspecified atom stereocenters. The van der Waals surface area contributed by atoms with Gasteiger partial charge in [-0.2, -0.15) is 0 Å². The molecule has 0 radical (unpaired) electrons. The summed E-state index contributed by atoms with van der Waals surface area (Å²) in [4.78, 5) is 4.34. The molecule has 0 spiro atoms. The minimum Gasteiger partial charge on any atom is -0.311 e. The van der Waals surface area contributed by atoms with Gasteiger partial charge in [0, 0.05) is 34.7 Å². The Morgan fingerprint density at radius 2 is 2.43 bits per heavy atom. The Kier molecular flexibility index (Phi) is 5.29. The standard InChI is InChI=1S/C9H16N2OS2/c1-8-11-9(7-13-8)6-10-4-3-5-14(2)12/h7,10H,3-6H2,1-2H3. The third-order valence-corrected chi connectivity index (χ3v) is 3.44. The van der Waals surface area contributed by atoms with E-state index < -0.39 is 10.8 Å². The maximum atomic E-state index is 10.8. The summed E-state index contributed by atoms with van der Waals surface area (Å²) in [5.41, 5.74) is 1.10. The van der Waals surface area contributed by atoms with Crippen LogP contribution in [0.3, 0.4) is 0 Å². The molecule has 0 amide bonds. The van der Waals surface area contributed by atoms with Crippen LogP contribution in [0, 0.1) is 6.92 Å². The third kappa shape index (κ3) is 4.83. The molecule has 0 bridgehead atoms. The smallest absolute Gasteiger partial charge is 0.0897 e. The Balaban J connectivity index is 2.07. The first-order valence-corrected chi connectivity index (χ1v) is 7.21. The summed E-state index contributed by atoms with van der Waals surface area (Å²) in [6, 6.07) is 0. The molecule has 1 aromatic rings. The fraction of sp³-hybridized carbons (Fsp3) is 0.667. The normalized spacial score (nSPS) is 13.0. The molecule has 0 saturated heterocycles. The van der Waals surface area contributed by atoms with Gasteiger partial charge in [-0.1, -0.05) is 0 Å². The van der Waals surface area contributed by atoms with Crippen LogP contribution in [0.1, 0.15) is 17.1 Å². The van der Waals surface area contributed by atoms with Crippen molar-refractivity contribution in [2.75, 3.05) is 18.6 Å². The molecule has 0 aliphatic rings. The molecule has 0 saturated carbocycles. The van der Waals surface area contributed by atoms with E-state index in [4.69, 9.17) is 0 Å². The highest BCUT2D eigenvalue weighted by molar-refractivity contribution is 7.84. The zero-order valence-electron chi connectivity index (χ0n) is 8.58. The number of thiazole rings is 1. The largest absolute Gasteiger partial charge is 0.311 e. The number of hydrogen-bond donors (Lipinski definition) is 1. The summed E-state index contributed by atoms with van der Waals surface area (Å²) in [5, 5.41) is 6.46. The van der Waals surface area contributed by atoms with Crippen molar-refractivity contribution in [3.8, 4) is 0 Å². The van der Waals surface area contributed by atoms with Crippen LogP contribution in [0.4, 0.5) is 0 Å². The molecule has 0 aromatic carbocycles. The molecule has 14 heavy (non-hydrogen) atoms. The van der Waals surface area contributed by atoms with Gasteiger partial charge in [-0.05, 0) is 19.9 Å². The number of nitrogens with one attached hydrogen (secondary N) is 1. The minimum absolute atomic E-state index is 0.663. The highest BCUT2D eigenvalue weighted by Crippen LogP contribution is 2.06. The van der Waals surface area contributed by atoms with Crippen molar-refractivity contribution in [1.29, 1.82) is 0 Å². The first-order valence-electron chi connectivity index (χ1n) is 4.60. The van der Waals surface area contributed by atoms with Crippen molar-refractivity contribution in [2.24, 2.45) is 0 Å². The van der Waals surface area contributed by atoms with Crippen LogP contribution in [0.2, 0.25) is 0 Å². The van der Waals surface area contributed by atoms with Crippen LogP contribution in [-0.2, 0) is 17.3 Å². The maximum absolute atomic E-state index is 10.8. The third-order valence-electron chi connectivity index (χ3n) is 1.76. The summed E-state index contributed by atoms with van der Waals surface area (Å²) in [6.45, 7) is 3.74. The molecule has 1 aromatic heterocycles. The quantitative estimate of drug-likeness (QED) is 0.752. The monoisotopic (exact) mass is 232 g/mol. The number of aryl methyl sites for hydroxylation is 1. The lowest BCUT2D eigenvalue weighted by molar-refractivity contribution is 0.656. The van der Waals surface area contributed by atoms with E-state index in [2.05, 4.69) is 15.7 Å². The number of hydrogen-bond acceptors (Lipinski definition) is 4. The Hall–Kier alpha value is -0.260. The molecule has 0 aliphatic heterocycles. The van der Waals surface area contributed by atoms with Crippen molar-refractivity contribution >= 4 is 22.1 Å². The van der Waals surface area contributed by atoms with Crippen LogP contribution in [-0.4, -0.2) is 27.7 Å². The van der Waals surface area contributed by atoms with Gasteiger partial charge in [0.05, 0.1) is 10.7 Å². The topological polar surface area (TPSA) is 42.0 Å². The van der Waals surface area contributed by atoms with Gasteiger partial charge >= 0.3 is 0 Å². The summed E-state index contributed by atoms with van der Waals surface area (Å²) >= 11 is 1.67. The number of nitrogens with zero attached hydrogens (tertiary/aromatic N) is 1. The SMILES string of the molecule is Cc1nc(CNCCCS(C)=O)cs1. The molecule has 80 valence electrons. The second kappa shape index (κ2) is 6.27. The fourth-order valence-electron chi connectivity index (χ4n) is 1.11. The van der Waals surface area contributed by atoms with Gasteiger partial charge < -0.3 is 5.32 Å². The van der Waals surface area contributed by atoms with Crippen molar-refractivity contribution in [3.63, 3.8) is 0 Å². The minimum atomic E-state index is -0.663. The molecule has 1 N–H and O–H groups in total. The van der Waals surface area contributed by atoms with E-state index in [0.717, 1.165) is 36.0 Å². The van der Waals surface area contributed by atoms with Gasteiger partial charge in [0.2, 0.25) is 0 Å². The van der Waals surface area contributed by atoms with Crippen LogP contribution in [0.5, 0.6) is 0 Å². The molecule has 5 heteroatoms. The molecular formula is C9H16N2OS2. The molecule has 0 aliphatic carbocycles. The Morgan fingerprint density at radius 3 is 3.00 bits per heavy atom.